The Kier molecular flexibility index (Phi) is 4.81. The first-order valence-electron chi connectivity index (χ1n) is 7.55. The maximum Gasteiger partial charge on any atom is 0.471 e. The molecule has 10 heteroatoms. The van der Waals surface area contributed by atoms with E-state index >= 15 is 0 Å². The van der Waals surface area contributed by atoms with E-state index in [0.29, 0.717) is 5.69 Å². The van der Waals surface area contributed by atoms with Crippen LogP contribution in [0, 0.1) is 0 Å². The predicted octanol–water partition coefficient (Wildman–Crippen LogP) is 5.39. The SMILES string of the molecule is FC(F)(F)c1nc(-c2ccc(NCc3ccccc3C(F)(F)F)cc2)no1. The zero-order valence-electron chi connectivity index (χ0n) is 13.4. The number of alkyl halides is 6. The van der Waals surface area contributed by atoms with Gasteiger partial charge in [0.15, 0.2) is 0 Å². The first kappa shape index (κ1) is 18.7. The number of nitrogens with zero attached hydrogens (tertiary/aromatic N) is 2. The van der Waals surface area contributed by atoms with Crippen molar-refractivity contribution in [3.63, 3.8) is 0 Å². The molecule has 3 rings (SSSR count). The van der Waals surface area contributed by atoms with Crippen molar-refractivity contribution in [2.24, 2.45) is 0 Å². The normalized spacial score (nSPS) is 12.2. The molecule has 0 fully saturated rings. The molecule has 0 atom stereocenters. The molecule has 0 aliphatic rings. The standard InChI is InChI=1S/C17H11F6N3O/c18-16(19,20)13-4-2-1-3-11(13)9-24-12-7-5-10(6-8-12)14-25-15(27-26-14)17(21,22)23/h1-8,24H,9H2. The molecule has 0 bridgehead atoms. The zero-order chi connectivity index (χ0) is 19.7. The summed E-state index contributed by atoms with van der Waals surface area (Å²) in [5.74, 6) is -1.69. The van der Waals surface area contributed by atoms with Crippen molar-refractivity contribution < 1.29 is 30.9 Å². The fourth-order valence-corrected chi connectivity index (χ4v) is 2.34. The number of halogens is 6. The van der Waals surface area contributed by atoms with Gasteiger partial charge in [-0.3, -0.25) is 0 Å². The van der Waals surface area contributed by atoms with E-state index in [4.69, 9.17) is 0 Å². The lowest BCUT2D eigenvalue weighted by molar-refractivity contribution is -0.159. The molecule has 142 valence electrons. The fraction of sp³-hybridized carbons (Fsp3) is 0.176. The van der Waals surface area contributed by atoms with Crippen molar-refractivity contribution in [2.45, 2.75) is 18.9 Å². The Morgan fingerprint density at radius 3 is 2.11 bits per heavy atom. The molecule has 0 aliphatic carbocycles. The van der Waals surface area contributed by atoms with Gasteiger partial charge in [-0.25, -0.2) is 0 Å². The molecule has 1 aromatic heterocycles. The summed E-state index contributed by atoms with van der Waals surface area (Å²) < 4.78 is 80.5. The van der Waals surface area contributed by atoms with Gasteiger partial charge in [0.1, 0.15) is 0 Å². The van der Waals surface area contributed by atoms with Crippen molar-refractivity contribution in [1.29, 1.82) is 0 Å². The summed E-state index contributed by atoms with van der Waals surface area (Å²) in [6.07, 6.45) is -9.20. The molecule has 0 unspecified atom stereocenters. The van der Waals surface area contributed by atoms with Gasteiger partial charge in [0.2, 0.25) is 5.82 Å². The van der Waals surface area contributed by atoms with Gasteiger partial charge in [-0.15, -0.1) is 0 Å². The zero-order valence-corrected chi connectivity index (χ0v) is 13.4. The molecule has 3 aromatic rings. The van der Waals surface area contributed by atoms with Gasteiger partial charge in [0.25, 0.3) is 0 Å². The van der Waals surface area contributed by atoms with Crippen LogP contribution in [-0.2, 0) is 18.9 Å². The summed E-state index contributed by atoms with van der Waals surface area (Å²) in [6.45, 7) is -0.0739. The largest absolute Gasteiger partial charge is 0.471 e. The molecule has 0 aliphatic heterocycles. The highest BCUT2D eigenvalue weighted by Gasteiger charge is 2.38. The van der Waals surface area contributed by atoms with Gasteiger partial charge in [-0.05, 0) is 35.9 Å². The molecule has 0 saturated heterocycles. The minimum absolute atomic E-state index is 0.0714. The summed E-state index contributed by atoms with van der Waals surface area (Å²) in [5.41, 5.74) is 0.0911. The quantitative estimate of drug-likeness (QED) is 0.610. The van der Waals surface area contributed by atoms with Gasteiger partial charge in [-0.1, -0.05) is 23.4 Å². The molecule has 4 nitrogen and oxygen atoms in total. The highest BCUT2D eigenvalue weighted by atomic mass is 19.4. The number of hydrogen-bond donors (Lipinski definition) is 1. The van der Waals surface area contributed by atoms with Gasteiger partial charge in [0.05, 0.1) is 5.56 Å². The van der Waals surface area contributed by atoms with Gasteiger partial charge < -0.3 is 9.84 Å². The summed E-state index contributed by atoms with van der Waals surface area (Å²) in [7, 11) is 0. The smallest absolute Gasteiger partial charge is 0.381 e. The van der Waals surface area contributed by atoms with Crippen LogP contribution >= 0.6 is 0 Å². The third-order valence-corrected chi connectivity index (χ3v) is 3.62. The second-order valence-corrected chi connectivity index (χ2v) is 5.51. The van der Waals surface area contributed by atoms with E-state index in [9.17, 15) is 26.3 Å². The molecule has 0 radical (unpaired) electrons. The maximum absolute atomic E-state index is 13.0. The first-order valence-corrected chi connectivity index (χ1v) is 7.55. The number of hydrogen-bond acceptors (Lipinski definition) is 4. The Morgan fingerprint density at radius 1 is 0.852 bits per heavy atom. The molecular formula is C17H11F6N3O. The van der Waals surface area contributed by atoms with Crippen LogP contribution in [0.3, 0.4) is 0 Å². The lowest BCUT2D eigenvalue weighted by Crippen LogP contribution is -2.11. The molecule has 0 amide bonds. The Labute approximate surface area is 148 Å². The highest BCUT2D eigenvalue weighted by molar-refractivity contribution is 5.59. The van der Waals surface area contributed by atoms with Crippen molar-refractivity contribution in [3.05, 3.63) is 65.5 Å². The van der Waals surface area contributed by atoms with Crippen molar-refractivity contribution >= 4 is 5.69 Å². The van der Waals surface area contributed by atoms with Gasteiger partial charge in [-0.2, -0.15) is 31.3 Å². The number of benzene rings is 2. The third-order valence-electron chi connectivity index (χ3n) is 3.62. The first-order chi connectivity index (χ1) is 12.6. The Bertz CT molecular complexity index is 915. The van der Waals surface area contributed by atoms with Crippen LogP contribution in [0.1, 0.15) is 17.0 Å². The van der Waals surface area contributed by atoms with Gasteiger partial charge in [0, 0.05) is 17.8 Å². The molecule has 0 spiro atoms. The van der Waals surface area contributed by atoms with Crippen LogP contribution in [0.2, 0.25) is 0 Å². The minimum Gasteiger partial charge on any atom is -0.381 e. The molecular weight excluding hydrogens is 376 g/mol. The number of aromatic nitrogens is 2. The van der Waals surface area contributed by atoms with E-state index in [0.717, 1.165) is 6.07 Å². The lowest BCUT2D eigenvalue weighted by Gasteiger charge is -2.14. The van der Waals surface area contributed by atoms with E-state index in [-0.39, 0.29) is 23.5 Å². The van der Waals surface area contributed by atoms with E-state index in [1.807, 2.05) is 0 Å². The molecule has 1 heterocycles. The topological polar surface area (TPSA) is 51.0 Å². The van der Waals surface area contributed by atoms with Crippen LogP contribution in [0.5, 0.6) is 0 Å². The van der Waals surface area contributed by atoms with Crippen molar-refractivity contribution in [3.8, 4) is 11.4 Å². The summed E-state index contributed by atoms with van der Waals surface area (Å²) >= 11 is 0. The molecule has 1 N–H and O–H groups in total. The van der Waals surface area contributed by atoms with Crippen molar-refractivity contribution in [2.75, 3.05) is 5.32 Å². The van der Waals surface area contributed by atoms with Crippen molar-refractivity contribution in [1.82, 2.24) is 10.1 Å². The predicted molar refractivity (Wildman–Crippen MR) is 83.5 cm³/mol. The Morgan fingerprint density at radius 2 is 1.52 bits per heavy atom. The van der Waals surface area contributed by atoms with Crippen LogP contribution in [0.25, 0.3) is 11.4 Å². The second kappa shape index (κ2) is 6.93. The Hall–Kier alpha value is -3.04. The van der Waals surface area contributed by atoms with E-state index in [2.05, 4.69) is 20.0 Å². The highest BCUT2D eigenvalue weighted by Crippen LogP contribution is 2.32. The summed E-state index contributed by atoms with van der Waals surface area (Å²) in [6, 6.07) is 11.0. The van der Waals surface area contributed by atoms with E-state index < -0.39 is 23.8 Å². The average Bonchev–Trinajstić information content (AvgIpc) is 3.10. The van der Waals surface area contributed by atoms with Gasteiger partial charge >= 0.3 is 18.2 Å². The van der Waals surface area contributed by atoms with E-state index in [1.54, 1.807) is 0 Å². The lowest BCUT2D eigenvalue weighted by atomic mass is 10.1. The summed E-state index contributed by atoms with van der Waals surface area (Å²) in [4.78, 5) is 3.27. The van der Waals surface area contributed by atoms with Crippen LogP contribution in [0.15, 0.2) is 53.1 Å². The monoisotopic (exact) mass is 387 g/mol. The Balaban J connectivity index is 1.71. The van der Waals surface area contributed by atoms with E-state index in [1.165, 1.54) is 42.5 Å². The number of anilines is 1. The minimum atomic E-state index is -4.74. The maximum atomic E-state index is 13.0. The fourth-order valence-electron chi connectivity index (χ4n) is 2.34. The molecule has 2 aromatic carbocycles. The third kappa shape index (κ3) is 4.39. The van der Waals surface area contributed by atoms with Crippen LogP contribution in [0.4, 0.5) is 32.0 Å². The van der Waals surface area contributed by atoms with Crippen LogP contribution in [-0.4, -0.2) is 10.1 Å². The summed E-state index contributed by atoms with van der Waals surface area (Å²) in [5, 5.41) is 6.10. The number of rotatable bonds is 4. The molecule has 27 heavy (non-hydrogen) atoms. The van der Waals surface area contributed by atoms with Crippen LogP contribution < -0.4 is 5.32 Å². The average molecular weight is 387 g/mol. The molecule has 0 saturated carbocycles. The number of nitrogens with one attached hydrogen (secondary N) is 1. The second-order valence-electron chi connectivity index (χ2n) is 5.51.